The summed E-state index contributed by atoms with van der Waals surface area (Å²) in [6, 6.07) is 24.3. The standard InChI is InChI=1S/C25H15NO2S/c1-3-10-21-16(7-1)13-23(28-21)24-19(20-9-5-6-12-26-20)15-29-25(24)18-14-27-22-11-4-2-8-17(18)22/h1-15H. The molecular formula is C25H15NO2S. The largest absolute Gasteiger partial charge is 0.464 e. The van der Waals surface area contributed by atoms with E-state index in [9.17, 15) is 0 Å². The Morgan fingerprint density at radius 1 is 0.793 bits per heavy atom. The third-order valence-corrected chi connectivity index (χ3v) is 6.14. The Kier molecular flexibility index (Phi) is 3.64. The Bertz CT molecular complexity index is 1420. The van der Waals surface area contributed by atoms with Gasteiger partial charge >= 0.3 is 0 Å². The second-order valence-electron chi connectivity index (χ2n) is 6.86. The lowest BCUT2D eigenvalue weighted by Crippen LogP contribution is -1.84. The molecule has 2 aromatic carbocycles. The molecule has 0 saturated heterocycles. The highest BCUT2D eigenvalue weighted by atomic mass is 32.1. The zero-order valence-electron chi connectivity index (χ0n) is 15.3. The average molecular weight is 393 g/mol. The number of pyridine rings is 1. The Hall–Kier alpha value is -3.63. The van der Waals surface area contributed by atoms with Gasteiger partial charge in [-0.25, -0.2) is 0 Å². The van der Waals surface area contributed by atoms with Crippen LogP contribution >= 0.6 is 11.3 Å². The van der Waals surface area contributed by atoms with Crippen LogP contribution in [0.25, 0.3) is 55.0 Å². The number of para-hydroxylation sites is 2. The Balaban J connectivity index is 1.66. The predicted molar refractivity (Wildman–Crippen MR) is 118 cm³/mol. The average Bonchev–Trinajstić information content (AvgIpc) is 3.49. The van der Waals surface area contributed by atoms with Crippen molar-refractivity contribution in [2.24, 2.45) is 0 Å². The molecule has 0 spiro atoms. The fraction of sp³-hybridized carbons (Fsp3) is 0. The van der Waals surface area contributed by atoms with E-state index < -0.39 is 0 Å². The molecule has 0 saturated carbocycles. The van der Waals surface area contributed by atoms with Gasteiger partial charge in [0, 0.05) is 43.9 Å². The van der Waals surface area contributed by atoms with Gasteiger partial charge in [0.15, 0.2) is 0 Å². The second kappa shape index (κ2) is 6.47. The second-order valence-corrected chi connectivity index (χ2v) is 7.74. The summed E-state index contributed by atoms with van der Waals surface area (Å²) < 4.78 is 12.1. The molecule has 6 aromatic rings. The smallest absolute Gasteiger partial charge is 0.137 e. The van der Waals surface area contributed by atoms with Crippen LogP contribution in [0.4, 0.5) is 0 Å². The fourth-order valence-electron chi connectivity index (χ4n) is 3.77. The van der Waals surface area contributed by atoms with Crippen LogP contribution in [0, 0.1) is 0 Å². The number of rotatable bonds is 3. The Morgan fingerprint density at radius 2 is 1.62 bits per heavy atom. The van der Waals surface area contributed by atoms with Gasteiger partial charge in [-0.2, -0.15) is 0 Å². The molecule has 0 fully saturated rings. The quantitative estimate of drug-likeness (QED) is 0.310. The first-order valence-electron chi connectivity index (χ1n) is 9.37. The first kappa shape index (κ1) is 16.3. The maximum absolute atomic E-state index is 6.27. The van der Waals surface area contributed by atoms with Gasteiger partial charge in [-0.3, -0.25) is 4.98 Å². The Labute approximate surface area is 170 Å². The highest BCUT2D eigenvalue weighted by Gasteiger charge is 2.22. The van der Waals surface area contributed by atoms with Crippen LogP contribution in [0.3, 0.4) is 0 Å². The van der Waals surface area contributed by atoms with Gasteiger partial charge in [-0.15, -0.1) is 11.3 Å². The molecule has 6 rings (SSSR count). The molecule has 0 N–H and O–H groups in total. The van der Waals surface area contributed by atoms with Crippen molar-refractivity contribution in [1.82, 2.24) is 4.98 Å². The topological polar surface area (TPSA) is 39.2 Å². The normalized spacial score (nSPS) is 11.4. The number of hydrogen-bond acceptors (Lipinski definition) is 4. The van der Waals surface area contributed by atoms with Crippen LogP contribution in [0.15, 0.2) is 99.5 Å². The van der Waals surface area contributed by atoms with Crippen LogP contribution < -0.4 is 0 Å². The van der Waals surface area contributed by atoms with E-state index in [1.54, 1.807) is 11.3 Å². The Morgan fingerprint density at radius 3 is 2.48 bits per heavy atom. The van der Waals surface area contributed by atoms with E-state index in [0.717, 1.165) is 55.0 Å². The lowest BCUT2D eigenvalue weighted by atomic mass is 10.0. The number of aromatic nitrogens is 1. The fourth-order valence-corrected chi connectivity index (χ4v) is 4.86. The van der Waals surface area contributed by atoms with Gasteiger partial charge in [0.2, 0.25) is 0 Å². The van der Waals surface area contributed by atoms with E-state index >= 15 is 0 Å². The molecule has 0 radical (unpaired) electrons. The number of benzene rings is 2. The maximum Gasteiger partial charge on any atom is 0.137 e. The van der Waals surface area contributed by atoms with Crippen molar-refractivity contribution in [2.45, 2.75) is 0 Å². The number of thiophene rings is 1. The van der Waals surface area contributed by atoms with E-state index in [-0.39, 0.29) is 0 Å². The first-order chi connectivity index (χ1) is 14.4. The third kappa shape index (κ3) is 2.61. The molecule has 0 aliphatic rings. The summed E-state index contributed by atoms with van der Waals surface area (Å²) in [6.45, 7) is 0. The summed E-state index contributed by atoms with van der Waals surface area (Å²) in [7, 11) is 0. The summed E-state index contributed by atoms with van der Waals surface area (Å²) in [4.78, 5) is 5.71. The summed E-state index contributed by atoms with van der Waals surface area (Å²) >= 11 is 1.69. The molecule has 0 amide bonds. The molecule has 138 valence electrons. The van der Waals surface area contributed by atoms with E-state index in [0.29, 0.717) is 0 Å². The van der Waals surface area contributed by atoms with Crippen molar-refractivity contribution in [1.29, 1.82) is 0 Å². The van der Waals surface area contributed by atoms with Crippen LogP contribution in [-0.4, -0.2) is 4.98 Å². The van der Waals surface area contributed by atoms with Crippen molar-refractivity contribution in [2.75, 3.05) is 0 Å². The molecule has 0 bridgehead atoms. The molecule has 0 aliphatic heterocycles. The molecule has 29 heavy (non-hydrogen) atoms. The van der Waals surface area contributed by atoms with Crippen molar-refractivity contribution in [3.63, 3.8) is 0 Å². The first-order valence-corrected chi connectivity index (χ1v) is 10.2. The minimum Gasteiger partial charge on any atom is -0.464 e. The van der Waals surface area contributed by atoms with Gasteiger partial charge in [-0.05, 0) is 30.3 Å². The molecule has 0 aliphatic carbocycles. The molecule has 4 heterocycles. The molecule has 3 nitrogen and oxygen atoms in total. The van der Waals surface area contributed by atoms with E-state index in [2.05, 4.69) is 28.6 Å². The van der Waals surface area contributed by atoms with Gasteiger partial charge in [-0.1, -0.05) is 42.5 Å². The van der Waals surface area contributed by atoms with Crippen LogP contribution in [0.2, 0.25) is 0 Å². The zero-order chi connectivity index (χ0) is 19.2. The van der Waals surface area contributed by atoms with Crippen molar-refractivity contribution in [3.05, 3.63) is 90.6 Å². The highest BCUT2D eigenvalue weighted by Crippen LogP contribution is 2.47. The third-order valence-electron chi connectivity index (χ3n) is 5.13. The summed E-state index contributed by atoms with van der Waals surface area (Å²) in [6.07, 6.45) is 3.66. The van der Waals surface area contributed by atoms with E-state index in [1.807, 2.05) is 67.1 Å². The molecular weight excluding hydrogens is 378 g/mol. The van der Waals surface area contributed by atoms with Gasteiger partial charge < -0.3 is 8.83 Å². The van der Waals surface area contributed by atoms with Gasteiger partial charge in [0.05, 0.1) is 5.69 Å². The minimum absolute atomic E-state index is 0.841. The lowest BCUT2D eigenvalue weighted by Gasteiger charge is -2.04. The van der Waals surface area contributed by atoms with Crippen LogP contribution in [-0.2, 0) is 0 Å². The molecule has 0 atom stereocenters. The molecule has 4 heteroatoms. The SMILES string of the molecule is c1ccc(-c2csc(-c3coc4ccccc34)c2-c2cc3ccccc3o2)nc1. The minimum atomic E-state index is 0.841. The summed E-state index contributed by atoms with van der Waals surface area (Å²) in [5, 5.41) is 4.34. The monoisotopic (exact) mass is 393 g/mol. The van der Waals surface area contributed by atoms with Crippen molar-refractivity contribution >= 4 is 33.3 Å². The predicted octanol–water partition coefficient (Wildman–Crippen LogP) is 7.64. The van der Waals surface area contributed by atoms with Crippen molar-refractivity contribution < 1.29 is 8.83 Å². The lowest BCUT2D eigenvalue weighted by molar-refractivity contribution is 0.617. The summed E-state index contributed by atoms with van der Waals surface area (Å²) in [5.74, 6) is 0.841. The maximum atomic E-state index is 6.27. The van der Waals surface area contributed by atoms with E-state index in [1.165, 1.54) is 0 Å². The summed E-state index contributed by atoms with van der Waals surface area (Å²) in [5.41, 5.74) is 5.88. The number of furan rings is 2. The number of fused-ring (bicyclic) bond motifs is 2. The molecule has 0 unspecified atom stereocenters. The number of hydrogen-bond donors (Lipinski definition) is 0. The van der Waals surface area contributed by atoms with E-state index in [4.69, 9.17) is 8.83 Å². The number of nitrogens with zero attached hydrogens (tertiary/aromatic N) is 1. The zero-order valence-corrected chi connectivity index (χ0v) is 16.1. The van der Waals surface area contributed by atoms with Gasteiger partial charge in [0.25, 0.3) is 0 Å². The van der Waals surface area contributed by atoms with Crippen LogP contribution in [0.1, 0.15) is 0 Å². The van der Waals surface area contributed by atoms with Crippen molar-refractivity contribution in [3.8, 4) is 33.0 Å². The van der Waals surface area contributed by atoms with Gasteiger partial charge in [0.1, 0.15) is 23.2 Å². The highest BCUT2D eigenvalue weighted by molar-refractivity contribution is 7.14. The molecule has 4 aromatic heterocycles. The van der Waals surface area contributed by atoms with Crippen LogP contribution in [0.5, 0.6) is 0 Å².